The van der Waals surface area contributed by atoms with Gasteiger partial charge in [-0.2, -0.15) is 0 Å². The van der Waals surface area contributed by atoms with Gasteiger partial charge in [0.15, 0.2) is 0 Å². The largest absolute Gasteiger partial charge is 0.463 e. The number of nitrogens with zero attached hydrogens (tertiary/aromatic N) is 5. The third kappa shape index (κ3) is 3.91. The van der Waals surface area contributed by atoms with Gasteiger partial charge >= 0.3 is 6.01 Å². The maximum atomic E-state index is 5.70. The number of aryl methyl sites for hydroxylation is 1. The number of ether oxygens (including phenoxy) is 1. The molecule has 0 saturated carbocycles. The fourth-order valence-corrected chi connectivity index (χ4v) is 2.74. The molecule has 0 aliphatic carbocycles. The van der Waals surface area contributed by atoms with Gasteiger partial charge in [0.2, 0.25) is 5.95 Å². The average Bonchev–Trinajstić information content (AvgIpc) is 2.55. The van der Waals surface area contributed by atoms with E-state index in [0.29, 0.717) is 18.5 Å². The van der Waals surface area contributed by atoms with Crippen molar-refractivity contribution < 1.29 is 4.74 Å². The molecule has 0 aromatic carbocycles. The van der Waals surface area contributed by atoms with Crippen LogP contribution in [0.15, 0.2) is 29.1 Å². The van der Waals surface area contributed by atoms with Gasteiger partial charge in [0, 0.05) is 43.3 Å². The van der Waals surface area contributed by atoms with Crippen molar-refractivity contribution in [3.63, 3.8) is 0 Å². The van der Waals surface area contributed by atoms with Crippen molar-refractivity contribution in [1.29, 1.82) is 0 Å². The van der Waals surface area contributed by atoms with E-state index in [1.54, 1.807) is 12.4 Å². The Morgan fingerprint density at radius 1 is 1.32 bits per heavy atom. The molecule has 22 heavy (non-hydrogen) atoms. The van der Waals surface area contributed by atoms with Crippen LogP contribution in [0.2, 0.25) is 0 Å². The molecule has 6 nitrogen and oxygen atoms in total. The molecule has 0 amide bonds. The second-order valence-electron chi connectivity index (χ2n) is 5.45. The Hall–Kier alpha value is -1.76. The first-order valence-corrected chi connectivity index (χ1v) is 8.15. The normalized spacial score (nSPS) is 18.3. The molecule has 1 saturated heterocycles. The highest BCUT2D eigenvalue weighted by molar-refractivity contribution is 9.10. The number of halogens is 1. The highest BCUT2D eigenvalue weighted by Crippen LogP contribution is 2.21. The molecule has 1 unspecified atom stereocenters. The van der Waals surface area contributed by atoms with Crippen LogP contribution < -0.4 is 9.64 Å². The van der Waals surface area contributed by atoms with E-state index >= 15 is 0 Å². The summed E-state index contributed by atoms with van der Waals surface area (Å²) in [4.78, 5) is 19.4. The first-order chi connectivity index (χ1) is 10.7. The van der Waals surface area contributed by atoms with E-state index in [1.165, 1.54) is 0 Å². The summed E-state index contributed by atoms with van der Waals surface area (Å²) in [6.45, 7) is 4.50. The number of hydrogen-bond acceptors (Lipinski definition) is 6. The summed E-state index contributed by atoms with van der Waals surface area (Å²) in [7, 11) is 0. The molecule has 3 rings (SSSR count). The molecule has 1 atom stereocenters. The van der Waals surface area contributed by atoms with E-state index < -0.39 is 0 Å². The first-order valence-electron chi connectivity index (χ1n) is 7.35. The van der Waals surface area contributed by atoms with E-state index in [1.807, 2.05) is 19.2 Å². The maximum absolute atomic E-state index is 5.70. The van der Waals surface area contributed by atoms with Gasteiger partial charge in [0.1, 0.15) is 0 Å². The lowest BCUT2D eigenvalue weighted by atomic mass is 9.99. The lowest BCUT2D eigenvalue weighted by Gasteiger charge is -2.32. The summed E-state index contributed by atoms with van der Waals surface area (Å²) in [5.74, 6) is 1.25. The maximum Gasteiger partial charge on any atom is 0.316 e. The number of aromatic nitrogens is 4. The fraction of sp³-hybridized carbons (Fsp3) is 0.467. The molecule has 3 heterocycles. The van der Waals surface area contributed by atoms with Crippen LogP contribution in [0.3, 0.4) is 0 Å². The van der Waals surface area contributed by atoms with Gasteiger partial charge in [-0.05, 0) is 41.8 Å². The standard InChI is InChI=1S/C15H18BrN5O/c1-11-4-5-17-14(20-11)21-6-2-3-12(9-21)10-22-15-18-7-13(16)8-19-15/h4-5,7-8,12H,2-3,6,9-10H2,1H3. The quantitative estimate of drug-likeness (QED) is 0.831. The predicted octanol–water partition coefficient (Wildman–Crippen LogP) is 2.63. The number of rotatable bonds is 4. The number of anilines is 1. The molecule has 0 spiro atoms. The molecule has 1 fully saturated rings. The SMILES string of the molecule is Cc1ccnc(N2CCCC(COc3ncc(Br)cn3)C2)n1. The third-order valence-corrected chi connectivity index (χ3v) is 4.04. The summed E-state index contributed by atoms with van der Waals surface area (Å²) < 4.78 is 6.55. The van der Waals surface area contributed by atoms with Crippen molar-refractivity contribution in [3.8, 4) is 6.01 Å². The van der Waals surface area contributed by atoms with Crippen molar-refractivity contribution in [3.05, 3.63) is 34.8 Å². The fourth-order valence-electron chi connectivity index (χ4n) is 2.54. The van der Waals surface area contributed by atoms with Gasteiger partial charge < -0.3 is 9.64 Å². The summed E-state index contributed by atoms with van der Waals surface area (Å²) in [6.07, 6.45) is 7.45. The average molecular weight is 364 g/mol. The minimum atomic E-state index is 0.423. The molecule has 1 aliphatic rings. The Labute approximate surface area is 138 Å². The van der Waals surface area contributed by atoms with Gasteiger partial charge in [-0.3, -0.25) is 0 Å². The molecule has 0 radical (unpaired) electrons. The lowest BCUT2D eigenvalue weighted by molar-refractivity contribution is 0.213. The summed E-state index contributed by atoms with van der Waals surface area (Å²) in [6, 6.07) is 2.34. The molecule has 1 aliphatic heterocycles. The number of piperidine rings is 1. The Morgan fingerprint density at radius 2 is 2.14 bits per heavy atom. The molecule has 116 valence electrons. The Bertz CT molecular complexity index is 622. The van der Waals surface area contributed by atoms with Crippen molar-refractivity contribution in [2.75, 3.05) is 24.6 Å². The highest BCUT2D eigenvalue weighted by atomic mass is 79.9. The topological polar surface area (TPSA) is 64.0 Å². The van der Waals surface area contributed by atoms with Crippen LogP contribution in [-0.4, -0.2) is 39.6 Å². The zero-order chi connectivity index (χ0) is 15.4. The van der Waals surface area contributed by atoms with Crippen LogP contribution >= 0.6 is 15.9 Å². The summed E-state index contributed by atoms with van der Waals surface area (Å²) in [5.41, 5.74) is 0.992. The van der Waals surface area contributed by atoms with Gasteiger partial charge in [0.05, 0.1) is 11.1 Å². The van der Waals surface area contributed by atoms with Crippen LogP contribution in [0.1, 0.15) is 18.5 Å². The van der Waals surface area contributed by atoms with E-state index in [4.69, 9.17) is 4.74 Å². The molecule has 2 aromatic heterocycles. The Kier molecular flexibility index (Phi) is 4.82. The van der Waals surface area contributed by atoms with E-state index in [2.05, 4.69) is 40.8 Å². The number of hydrogen-bond donors (Lipinski definition) is 0. The predicted molar refractivity (Wildman–Crippen MR) is 86.9 cm³/mol. The van der Waals surface area contributed by atoms with Crippen LogP contribution in [0.25, 0.3) is 0 Å². The lowest BCUT2D eigenvalue weighted by Crippen LogP contribution is -2.38. The monoisotopic (exact) mass is 363 g/mol. The van der Waals surface area contributed by atoms with E-state index in [0.717, 1.165) is 42.0 Å². The van der Waals surface area contributed by atoms with Crippen molar-refractivity contribution in [2.24, 2.45) is 5.92 Å². The molecule has 7 heteroatoms. The smallest absolute Gasteiger partial charge is 0.316 e. The minimum Gasteiger partial charge on any atom is -0.463 e. The van der Waals surface area contributed by atoms with Gasteiger partial charge in [0.25, 0.3) is 0 Å². The molecule has 0 N–H and O–H groups in total. The van der Waals surface area contributed by atoms with E-state index in [9.17, 15) is 0 Å². The van der Waals surface area contributed by atoms with Crippen LogP contribution in [0.5, 0.6) is 6.01 Å². The molecule has 0 bridgehead atoms. The highest BCUT2D eigenvalue weighted by Gasteiger charge is 2.22. The van der Waals surface area contributed by atoms with Crippen molar-refractivity contribution in [2.45, 2.75) is 19.8 Å². The van der Waals surface area contributed by atoms with Crippen molar-refractivity contribution >= 4 is 21.9 Å². The second-order valence-corrected chi connectivity index (χ2v) is 6.36. The van der Waals surface area contributed by atoms with Crippen LogP contribution in [0, 0.1) is 12.8 Å². The van der Waals surface area contributed by atoms with E-state index in [-0.39, 0.29) is 0 Å². The van der Waals surface area contributed by atoms with Crippen molar-refractivity contribution in [1.82, 2.24) is 19.9 Å². The first kappa shape index (κ1) is 15.1. The van der Waals surface area contributed by atoms with Gasteiger partial charge in [-0.15, -0.1) is 0 Å². The summed E-state index contributed by atoms with van der Waals surface area (Å²) >= 11 is 3.31. The zero-order valence-electron chi connectivity index (χ0n) is 12.4. The summed E-state index contributed by atoms with van der Waals surface area (Å²) in [5, 5.41) is 0. The molecule has 2 aromatic rings. The van der Waals surface area contributed by atoms with Crippen LogP contribution in [-0.2, 0) is 0 Å². The molecular formula is C15H18BrN5O. The third-order valence-electron chi connectivity index (χ3n) is 3.63. The Balaban J connectivity index is 1.57. The zero-order valence-corrected chi connectivity index (χ0v) is 14.0. The second kappa shape index (κ2) is 7.00. The van der Waals surface area contributed by atoms with Gasteiger partial charge in [-0.1, -0.05) is 0 Å². The van der Waals surface area contributed by atoms with Crippen LogP contribution in [0.4, 0.5) is 5.95 Å². The van der Waals surface area contributed by atoms with Gasteiger partial charge in [-0.25, -0.2) is 19.9 Å². The molecular weight excluding hydrogens is 346 g/mol. The minimum absolute atomic E-state index is 0.423. The Morgan fingerprint density at radius 3 is 2.91 bits per heavy atom.